The van der Waals surface area contributed by atoms with Gasteiger partial charge < -0.3 is 5.11 Å². The summed E-state index contributed by atoms with van der Waals surface area (Å²) in [4.78, 5) is 13.4. The quantitative estimate of drug-likeness (QED) is 0.889. The van der Waals surface area contributed by atoms with E-state index in [4.69, 9.17) is 0 Å². The van der Waals surface area contributed by atoms with E-state index < -0.39 is 5.97 Å². The SMILES string of the molecule is CCc1ccccc1CN1CCC(C)C1C(=O)O. The van der Waals surface area contributed by atoms with Gasteiger partial charge in [-0.25, -0.2) is 0 Å². The van der Waals surface area contributed by atoms with Gasteiger partial charge in [-0.15, -0.1) is 0 Å². The van der Waals surface area contributed by atoms with Crippen LogP contribution in [0.5, 0.6) is 0 Å². The van der Waals surface area contributed by atoms with Crippen molar-refractivity contribution < 1.29 is 9.90 Å². The normalized spacial score (nSPS) is 24.3. The van der Waals surface area contributed by atoms with Crippen molar-refractivity contribution in [1.82, 2.24) is 4.90 Å². The van der Waals surface area contributed by atoms with Crippen LogP contribution in [0.4, 0.5) is 0 Å². The molecule has 1 aromatic carbocycles. The first-order chi connectivity index (χ1) is 8.63. The van der Waals surface area contributed by atoms with Crippen LogP contribution in [0.1, 0.15) is 31.4 Å². The molecule has 3 nitrogen and oxygen atoms in total. The van der Waals surface area contributed by atoms with Crippen molar-refractivity contribution in [2.24, 2.45) is 5.92 Å². The van der Waals surface area contributed by atoms with Crippen LogP contribution in [0.15, 0.2) is 24.3 Å². The van der Waals surface area contributed by atoms with Crippen molar-refractivity contribution in [1.29, 1.82) is 0 Å². The van der Waals surface area contributed by atoms with Crippen molar-refractivity contribution in [2.45, 2.75) is 39.3 Å². The van der Waals surface area contributed by atoms with E-state index in [9.17, 15) is 9.90 Å². The molecule has 0 amide bonds. The van der Waals surface area contributed by atoms with Gasteiger partial charge in [-0.3, -0.25) is 9.69 Å². The number of aryl methyl sites for hydroxylation is 1. The lowest BCUT2D eigenvalue weighted by atomic mass is 10.0. The number of hydrogen-bond acceptors (Lipinski definition) is 2. The third-order valence-electron chi connectivity index (χ3n) is 3.93. The van der Waals surface area contributed by atoms with Gasteiger partial charge in [-0.05, 0) is 36.4 Å². The summed E-state index contributed by atoms with van der Waals surface area (Å²) < 4.78 is 0. The van der Waals surface area contributed by atoms with E-state index in [1.165, 1.54) is 11.1 Å². The second kappa shape index (κ2) is 5.53. The molecule has 2 rings (SSSR count). The highest BCUT2D eigenvalue weighted by Gasteiger charge is 2.36. The molecule has 18 heavy (non-hydrogen) atoms. The molecule has 0 aliphatic carbocycles. The predicted octanol–water partition coefficient (Wildman–Crippen LogP) is 2.54. The molecule has 98 valence electrons. The topological polar surface area (TPSA) is 40.5 Å². The summed E-state index contributed by atoms with van der Waals surface area (Å²) in [6.07, 6.45) is 1.97. The van der Waals surface area contributed by atoms with E-state index in [1.54, 1.807) is 0 Å². The molecule has 1 fully saturated rings. The lowest BCUT2D eigenvalue weighted by Crippen LogP contribution is -2.38. The Hall–Kier alpha value is -1.35. The molecular weight excluding hydrogens is 226 g/mol. The molecule has 3 heteroatoms. The summed E-state index contributed by atoms with van der Waals surface area (Å²) in [5.41, 5.74) is 2.58. The molecule has 0 bridgehead atoms. The van der Waals surface area contributed by atoms with Crippen LogP contribution in [0.25, 0.3) is 0 Å². The molecule has 0 spiro atoms. The first kappa shape index (κ1) is 13.1. The van der Waals surface area contributed by atoms with Gasteiger partial charge in [0.25, 0.3) is 0 Å². The van der Waals surface area contributed by atoms with Gasteiger partial charge >= 0.3 is 5.97 Å². The zero-order valence-electron chi connectivity index (χ0n) is 11.1. The standard InChI is InChI=1S/C15H21NO2/c1-3-12-6-4-5-7-13(12)10-16-9-8-11(2)14(16)15(17)18/h4-7,11,14H,3,8-10H2,1-2H3,(H,17,18). The second-order valence-electron chi connectivity index (χ2n) is 5.14. The highest BCUT2D eigenvalue weighted by molar-refractivity contribution is 5.74. The zero-order valence-corrected chi connectivity index (χ0v) is 11.1. The first-order valence-electron chi connectivity index (χ1n) is 6.67. The number of carboxylic acid groups (broad SMARTS) is 1. The summed E-state index contributed by atoms with van der Waals surface area (Å²) in [5.74, 6) is -0.440. The fourth-order valence-corrected chi connectivity index (χ4v) is 2.88. The van der Waals surface area contributed by atoms with Gasteiger partial charge in [-0.1, -0.05) is 38.1 Å². The second-order valence-corrected chi connectivity index (χ2v) is 5.14. The number of aliphatic carboxylic acids is 1. The zero-order chi connectivity index (χ0) is 13.1. The number of rotatable bonds is 4. The maximum atomic E-state index is 11.3. The summed E-state index contributed by atoms with van der Waals surface area (Å²) in [6, 6.07) is 7.99. The van der Waals surface area contributed by atoms with Crippen LogP contribution in [0, 0.1) is 5.92 Å². The molecule has 0 radical (unpaired) electrons. The first-order valence-corrected chi connectivity index (χ1v) is 6.67. The van der Waals surface area contributed by atoms with Crippen LogP contribution >= 0.6 is 0 Å². The molecule has 2 unspecified atom stereocenters. The average Bonchev–Trinajstić information content (AvgIpc) is 2.71. The molecule has 1 N–H and O–H groups in total. The number of carbonyl (C=O) groups is 1. The number of likely N-dealkylation sites (tertiary alicyclic amines) is 1. The van der Waals surface area contributed by atoms with Gasteiger partial charge in [0.15, 0.2) is 0 Å². The van der Waals surface area contributed by atoms with E-state index in [1.807, 2.05) is 19.1 Å². The van der Waals surface area contributed by atoms with Crippen LogP contribution in [0.2, 0.25) is 0 Å². The van der Waals surface area contributed by atoms with Crippen LogP contribution in [-0.4, -0.2) is 28.6 Å². The Bertz CT molecular complexity index is 430. The van der Waals surface area contributed by atoms with Crippen LogP contribution < -0.4 is 0 Å². The lowest BCUT2D eigenvalue weighted by Gasteiger charge is -2.24. The highest BCUT2D eigenvalue weighted by atomic mass is 16.4. The third kappa shape index (κ3) is 2.56. The molecule has 0 aromatic heterocycles. The molecule has 0 saturated carbocycles. The summed E-state index contributed by atoms with van der Waals surface area (Å²) in [6.45, 7) is 5.81. The maximum absolute atomic E-state index is 11.3. The maximum Gasteiger partial charge on any atom is 0.321 e. The summed E-state index contributed by atoms with van der Waals surface area (Å²) >= 11 is 0. The van der Waals surface area contributed by atoms with E-state index in [2.05, 4.69) is 24.0 Å². The number of benzene rings is 1. The van der Waals surface area contributed by atoms with Crippen LogP contribution in [0.3, 0.4) is 0 Å². The van der Waals surface area contributed by atoms with Gasteiger partial charge in [0.1, 0.15) is 6.04 Å². The number of nitrogens with zero attached hydrogens (tertiary/aromatic N) is 1. The van der Waals surface area contributed by atoms with Crippen molar-refractivity contribution >= 4 is 5.97 Å². The van der Waals surface area contributed by atoms with Crippen molar-refractivity contribution in [3.05, 3.63) is 35.4 Å². The Balaban J connectivity index is 2.16. The van der Waals surface area contributed by atoms with Crippen LogP contribution in [-0.2, 0) is 17.8 Å². The fraction of sp³-hybridized carbons (Fsp3) is 0.533. The molecule has 2 atom stereocenters. The lowest BCUT2D eigenvalue weighted by molar-refractivity contribution is -0.143. The molecule has 1 aliphatic heterocycles. The van der Waals surface area contributed by atoms with Crippen molar-refractivity contribution in [3.63, 3.8) is 0 Å². The average molecular weight is 247 g/mol. The number of hydrogen-bond donors (Lipinski definition) is 1. The Kier molecular flexibility index (Phi) is 4.02. The molecule has 1 saturated heterocycles. The Morgan fingerprint density at radius 1 is 1.39 bits per heavy atom. The summed E-state index contributed by atoms with van der Waals surface area (Å²) in [7, 11) is 0. The molecular formula is C15H21NO2. The molecule has 1 aromatic rings. The molecule has 1 aliphatic rings. The van der Waals surface area contributed by atoms with Crippen molar-refractivity contribution in [3.8, 4) is 0 Å². The van der Waals surface area contributed by atoms with Gasteiger partial charge in [0.05, 0.1) is 0 Å². The van der Waals surface area contributed by atoms with E-state index in [-0.39, 0.29) is 12.0 Å². The predicted molar refractivity (Wildman–Crippen MR) is 71.4 cm³/mol. The van der Waals surface area contributed by atoms with E-state index in [0.29, 0.717) is 0 Å². The minimum absolute atomic E-state index is 0.247. The van der Waals surface area contributed by atoms with E-state index >= 15 is 0 Å². The Morgan fingerprint density at radius 2 is 2.06 bits per heavy atom. The van der Waals surface area contributed by atoms with Crippen molar-refractivity contribution in [2.75, 3.05) is 6.54 Å². The minimum Gasteiger partial charge on any atom is -0.480 e. The largest absolute Gasteiger partial charge is 0.480 e. The summed E-state index contributed by atoms with van der Waals surface area (Å²) in [5, 5.41) is 9.32. The fourth-order valence-electron chi connectivity index (χ4n) is 2.88. The Labute approximate surface area is 108 Å². The van der Waals surface area contributed by atoms with E-state index in [0.717, 1.165) is 25.9 Å². The minimum atomic E-state index is -0.686. The number of carboxylic acids is 1. The highest BCUT2D eigenvalue weighted by Crippen LogP contribution is 2.26. The monoisotopic (exact) mass is 247 g/mol. The Morgan fingerprint density at radius 3 is 2.67 bits per heavy atom. The smallest absolute Gasteiger partial charge is 0.321 e. The van der Waals surface area contributed by atoms with Gasteiger partial charge in [0, 0.05) is 6.54 Å². The molecule has 1 heterocycles. The van der Waals surface area contributed by atoms with Gasteiger partial charge in [0.2, 0.25) is 0 Å². The third-order valence-corrected chi connectivity index (χ3v) is 3.93. The van der Waals surface area contributed by atoms with Gasteiger partial charge in [-0.2, -0.15) is 0 Å².